The molecule has 30 heavy (non-hydrogen) atoms. The highest BCUT2D eigenvalue weighted by atomic mass is 16.6. The highest BCUT2D eigenvalue weighted by molar-refractivity contribution is 5.95. The molecule has 1 saturated heterocycles. The molecule has 0 aromatic heterocycles. The largest absolute Gasteiger partial charge is 0.479 e. The minimum Gasteiger partial charge on any atom is -0.479 e. The van der Waals surface area contributed by atoms with Gasteiger partial charge in [-0.25, -0.2) is 4.79 Å². The molecular weight excluding hydrogens is 390 g/mol. The fourth-order valence-corrected chi connectivity index (χ4v) is 2.98. The molecule has 0 unspecified atom stereocenters. The molecule has 1 fully saturated rings. The number of epoxide rings is 1. The van der Waals surface area contributed by atoms with Gasteiger partial charge in [0.25, 0.3) is 5.91 Å². The Morgan fingerprint density at radius 2 is 1.53 bits per heavy atom. The number of carboxylic acids is 1. The fourth-order valence-electron chi connectivity index (χ4n) is 2.98. The molecule has 10 heteroatoms. The van der Waals surface area contributed by atoms with Gasteiger partial charge < -0.3 is 36.8 Å². The van der Waals surface area contributed by atoms with Gasteiger partial charge in [0.05, 0.1) is 0 Å². The van der Waals surface area contributed by atoms with E-state index in [0.29, 0.717) is 13.0 Å². The van der Waals surface area contributed by atoms with E-state index in [0.717, 1.165) is 58.4 Å². The zero-order valence-corrected chi connectivity index (χ0v) is 18.2. The maximum atomic E-state index is 12.4. The van der Waals surface area contributed by atoms with Gasteiger partial charge in [0, 0.05) is 6.54 Å². The summed E-state index contributed by atoms with van der Waals surface area (Å²) in [5.74, 6) is -1.78. The first-order valence-corrected chi connectivity index (χ1v) is 10.9. The lowest BCUT2D eigenvalue weighted by molar-refractivity contribution is -0.138. The quantitative estimate of drug-likeness (QED) is 0.122. The van der Waals surface area contributed by atoms with Crippen molar-refractivity contribution in [2.45, 2.75) is 64.2 Å². The normalized spacial score (nSPS) is 18.8. The van der Waals surface area contributed by atoms with E-state index in [4.69, 9.17) is 15.6 Å². The van der Waals surface area contributed by atoms with Gasteiger partial charge in [-0.2, -0.15) is 0 Å². The summed E-state index contributed by atoms with van der Waals surface area (Å²) in [5, 5.41) is 21.0. The lowest BCUT2D eigenvalue weighted by Gasteiger charge is -2.20. The number of nitrogens with two attached hydrogens (primary N) is 1. The lowest BCUT2D eigenvalue weighted by Crippen LogP contribution is -2.49. The number of aliphatic carboxylic acids is 1. The molecule has 0 aliphatic carbocycles. The summed E-state index contributed by atoms with van der Waals surface area (Å²) in [6.07, 6.45) is 2.34. The molecule has 0 spiro atoms. The van der Waals surface area contributed by atoms with Crippen molar-refractivity contribution in [3.05, 3.63) is 0 Å². The van der Waals surface area contributed by atoms with E-state index >= 15 is 0 Å². The van der Waals surface area contributed by atoms with Gasteiger partial charge >= 0.3 is 5.97 Å². The van der Waals surface area contributed by atoms with Gasteiger partial charge in [-0.15, -0.1) is 0 Å². The molecule has 0 bridgehead atoms. The van der Waals surface area contributed by atoms with E-state index in [1.165, 1.54) is 0 Å². The number of ether oxygens (including phenoxy) is 1. The predicted octanol–water partition coefficient (Wildman–Crippen LogP) is -0.816. The van der Waals surface area contributed by atoms with Crippen molar-refractivity contribution in [3.63, 3.8) is 0 Å². The summed E-state index contributed by atoms with van der Waals surface area (Å²) in [6, 6.07) is -0.698. The molecule has 0 saturated carbocycles. The van der Waals surface area contributed by atoms with Crippen LogP contribution in [-0.4, -0.2) is 80.4 Å². The summed E-state index contributed by atoms with van der Waals surface area (Å²) in [5.41, 5.74) is 5.44. The zero-order valence-electron chi connectivity index (χ0n) is 18.2. The third-order valence-electron chi connectivity index (χ3n) is 4.68. The van der Waals surface area contributed by atoms with Crippen LogP contribution in [0.4, 0.5) is 0 Å². The van der Waals surface area contributed by atoms with Gasteiger partial charge in [-0.05, 0) is 70.7 Å². The summed E-state index contributed by atoms with van der Waals surface area (Å²) in [7, 11) is 0. The second kappa shape index (κ2) is 15.1. The van der Waals surface area contributed by atoms with E-state index in [1.54, 1.807) is 0 Å². The van der Waals surface area contributed by atoms with Crippen LogP contribution in [0.2, 0.25) is 0 Å². The van der Waals surface area contributed by atoms with E-state index in [9.17, 15) is 14.4 Å². The second-order valence-corrected chi connectivity index (χ2v) is 8.00. The summed E-state index contributed by atoms with van der Waals surface area (Å²) >= 11 is 0. The van der Waals surface area contributed by atoms with E-state index in [1.807, 2.05) is 13.8 Å². The Kier molecular flexibility index (Phi) is 13.2. The highest BCUT2D eigenvalue weighted by Crippen LogP contribution is 2.22. The van der Waals surface area contributed by atoms with Gasteiger partial charge in [0.15, 0.2) is 12.2 Å². The first kappa shape index (κ1) is 26.3. The Labute approximate surface area is 179 Å². The molecule has 0 radical (unpaired) electrons. The summed E-state index contributed by atoms with van der Waals surface area (Å²) in [4.78, 5) is 35.3. The van der Waals surface area contributed by atoms with Crippen LogP contribution in [0.1, 0.15) is 46.0 Å². The number of carboxylic acid groups (broad SMARTS) is 1. The van der Waals surface area contributed by atoms with Gasteiger partial charge in [0.2, 0.25) is 5.91 Å². The van der Waals surface area contributed by atoms with E-state index in [-0.39, 0.29) is 11.8 Å². The number of hydrogen-bond acceptors (Lipinski definition) is 7. The lowest BCUT2D eigenvalue weighted by atomic mass is 10.0. The maximum absolute atomic E-state index is 12.4. The molecule has 7 N–H and O–H groups in total. The van der Waals surface area contributed by atoms with Crippen LogP contribution in [0.3, 0.4) is 0 Å². The minimum absolute atomic E-state index is 0.197. The van der Waals surface area contributed by atoms with Crippen molar-refractivity contribution >= 4 is 17.8 Å². The first-order chi connectivity index (χ1) is 14.4. The number of unbranched alkanes of at least 4 members (excludes halogenated alkanes) is 1. The number of carbonyl (C=O) groups excluding carboxylic acids is 2. The Hall–Kier alpha value is -1.75. The number of carbonyl (C=O) groups is 3. The minimum atomic E-state index is -1.17. The Bertz CT molecular complexity index is 532. The van der Waals surface area contributed by atoms with Gasteiger partial charge in [-0.3, -0.25) is 9.59 Å². The summed E-state index contributed by atoms with van der Waals surface area (Å²) < 4.78 is 4.84. The third kappa shape index (κ3) is 11.4. The van der Waals surface area contributed by atoms with Crippen molar-refractivity contribution < 1.29 is 24.2 Å². The van der Waals surface area contributed by atoms with Crippen molar-refractivity contribution in [1.29, 1.82) is 0 Å². The molecule has 3 atom stereocenters. The second-order valence-electron chi connectivity index (χ2n) is 8.00. The molecule has 1 rings (SSSR count). The molecule has 1 heterocycles. The molecule has 174 valence electrons. The number of hydrogen-bond donors (Lipinski definition) is 6. The van der Waals surface area contributed by atoms with Crippen LogP contribution in [-0.2, 0) is 19.1 Å². The maximum Gasteiger partial charge on any atom is 0.336 e. The third-order valence-corrected chi connectivity index (χ3v) is 4.68. The number of nitrogens with one attached hydrogen (secondary N) is 4. The van der Waals surface area contributed by atoms with Crippen LogP contribution >= 0.6 is 0 Å². The summed E-state index contributed by atoms with van der Waals surface area (Å²) in [6.45, 7) is 8.85. The van der Waals surface area contributed by atoms with E-state index < -0.39 is 30.1 Å². The number of amides is 2. The van der Waals surface area contributed by atoms with Crippen molar-refractivity contribution in [3.8, 4) is 0 Å². The van der Waals surface area contributed by atoms with E-state index in [2.05, 4.69) is 21.3 Å². The van der Waals surface area contributed by atoms with Crippen molar-refractivity contribution in [2.75, 3.05) is 39.3 Å². The van der Waals surface area contributed by atoms with Crippen LogP contribution < -0.4 is 27.0 Å². The van der Waals surface area contributed by atoms with Gasteiger partial charge in [0.1, 0.15) is 6.04 Å². The molecule has 0 aromatic rings. The monoisotopic (exact) mass is 429 g/mol. The number of rotatable bonds is 18. The Morgan fingerprint density at radius 3 is 2.07 bits per heavy atom. The van der Waals surface area contributed by atoms with Crippen LogP contribution in [0.15, 0.2) is 0 Å². The Morgan fingerprint density at radius 1 is 0.933 bits per heavy atom. The topological polar surface area (TPSA) is 158 Å². The average Bonchev–Trinajstić information content (AvgIpc) is 3.49. The fraction of sp³-hybridized carbons (Fsp3) is 0.850. The first-order valence-electron chi connectivity index (χ1n) is 10.9. The molecule has 1 aliphatic rings. The predicted molar refractivity (Wildman–Crippen MR) is 114 cm³/mol. The average molecular weight is 430 g/mol. The van der Waals surface area contributed by atoms with Crippen molar-refractivity contribution in [1.82, 2.24) is 21.3 Å². The molecule has 10 nitrogen and oxygen atoms in total. The smallest absolute Gasteiger partial charge is 0.336 e. The van der Waals surface area contributed by atoms with Crippen molar-refractivity contribution in [2.24, 2.45) is 11.7 Å². The standard InChI is InChI=1S/C20H39N5O5/c1-14(2)13-15(25-19(27)16-17(30-16)20(28)29)18(26)24-12-6-11-23-9-4-3-8-22-10-5-7-21/h14-17,22-23H,3-13,21H2,1-2H3,(H,24,26)(H,25,27)(H,28,29)/t15-,16+,17+/m0/s1. The molecule has 1 aliphatic heterocycles. The SMILES string of the molecule is CC(C)C[C@H](NC(=O)[C@@H]1O[C@H]1C(=O)O)C(=O)NCCCNCCCCNCCCN. The molecule has 0 aromatic carbocycles. The molecule has 2 amide bonds. The van der Waals surface area contributed by atoms with Crippen LogP contribution in [0.5, 0.6) is 0 Å². The highest BCUT2D eigenvalue weighted by Gasteiger charge is 2.51. The van der Waals surface area contributed by atoms with Gasteiger partial charge in [-0.1, -0.05) is 13.8 Å². The van der Waals surface area contributed by atoms with Crippen LogP contribution in [0, 0.1) is 5.92 Å². The molecular formula is C20H39N5O5. The Balaban J connectivity index is 2.14. The van der Waals surface area contributed by atoms with Crippen LogP contribution in [0.25, 0.3) is 0 Å². The zero-order chi connectivity index (χ0) is 22.4.